The van der Waals surface area contributed by atoms with E-state index in [2.05, 4.69) is 15.3 Å². The highest BCUT2D eigenvalue weighted by molar-refractivity contribution is 7.71. The summed E-state index contributed by atoms with van der Waals surface area (Å²) in [5.74, 6) is -0.616. The fraction of sp³-hybridized carbons (Fsp3) is 0.100. The Morgan fingerprint density at radius 1 is 1.28 bits per heavy atom. The third-order valence-electron chi connectivity index (χ3n) is 4.43. The Balaban J connectivity index is 1.53. The molecule has 0 spiro atoms. The molecule has 2 aromatic carbocycles. The van der Waals surface area contributed by atoms with Crippen LogP contribution in [0.1, 0.15) is 20.8 Å². The lowest BCUT2D eigenvalue weighted by molar-refractivity contribution is 0.102. The van der Waals surface area contributed by atoms with Gasteiger partial charge in [-0.25, -0.2) is 9.37 Å². The molecule has 0 saturated carbocycles. The number of aromatic nitrogens is 3. The maximum absolute atomic E-state index is 13.0. The first-order valence-electron chi connectivity index (χ1n) is 8.64. The molecule has 6 nitrogen and oxygen atoms in total. The number of fused-ring (bicyclic) bond motifs is 1. The predicted molar refractivity (Wildman–Crippen MR) is 114 cm³/mol. The maximum atomic E-state index is 13.0. The summed E-state index contributed by atoms with van der Waals surface area (Å²) in [6, 6.07) is 11.0. The third-order valence-corrected chi connectivity index (χ3v) is 5.72. The van der Waals surface area contributed by atoms with Crippen molar-refractivity contribution >= 4 is 45.5 Å². The Morgan fingerprint density at radius 3 is 2.79 bits per heavy atom. The number of amides is 1. The zero-order valence-corrected chi connectivity index (χ0v) is 16.9. The standard InChI is InChI=1S/C20H15FN4O2S2/c1-25-18(27)15-7-4-12(9-16(15)23-20(25)28)17(26)24-19-22-10-14(29-19)8-11-2-5-13(21)6-3-11/h2-7,9-10H,8H2,1H3,(H,23,28)(H,22,24,26). The molecule has 2 aromatic heterocycles. The van der Waals surface area contributed by atoms with Gasteiger partial charge < -0.3 is 4.98 Å². The average molecular weight is 426 g/mol. The van der Waals surface area contributed by atoms with Gasteiger partial charge in [-0.05, 0) is 48.1 Å². The molecule has 9 heteroatoms. The molecule has 0 aliphatic rings. The van der Waals surface area contributed by atoms with E-state index in [9.17, 15) is 14.0 Å². The van der Waals surface area contributed by atoms with E-state index in [1.165, 1.54) is 28.0 Å². The number of nitrogens with one attached hydrogen (secondary N) is 2. The van der Waals surface area contributed by atoms with E-state index in [0.29, 0.717) is 28.0 Å². The van der Waals surface area contributed by atoms with Crippen molar-refractivity contribution in [1.82, 2.24) is 14.5 Å². The Morgan fingerprint density at radius 2 is 2.03 bits per heavy atom. The normalized spacial score (nSPS) is 11.0. The predicted octanol–water partition coefficient (Wildman–Crippen LogP) is 4.03. The number of carbonyl (C=O) groups excluding carboxylic acids is 1. The highest BCUT2D eigenvalue weighted by Gasteiger charge is 2.12. The van der Waals surface area contributed by atoms with Crippen molar-refractivity contribution in [2.24, 2.45) is 7.05 Å². The quantitative estimate of drug-likeness (QED) is 0.483. The molecule has 2 heterocycles. The van der Waals surface area contributed by atoms with Crippen molar-refractivity contribution in [2.75, 3.05) is 5.32 Å². The summed E-state index contributed by atoms with van der Waals surface area (Å²) in [5.41, 5.74) is 1.62. The van der Waals surface area contributed by atoms with Crippen LogP contribution in [0.15, 0.2) is 53.5 Å². The van der Waals surface area contributed by atoms with Gasteiger partial charge in [-0.2, -0.15) is 0 Å². The zero-order valence-electron chi connectivity index (χ0n) is 15.2. The second kappa shape index (κ2) is 7.69. The number of carbonyl (C=O) groups is 1. The molecule has 0 radical (unpaired) electrons. The molecular weight excluding hydrogens is 411 g/mol. The molecular formula is C20H15FN4O2S2. The van der Waals surface area contributed by atoms with Crippen molar-refractivity contribution in [3.05, 3.63) is 85.6 Å². The number of H-pyrrole nitrogens is 1. The van der Waals surface area contributed by atoms with Crippen LogP contribution in [0.2, 0.25) is 0 Å². The van der Waals surface area contributed by atoms with Gasteiger partial charge in [0.05, 0.1) is 10.9 Å². The van der Waals surface area contributed by atoms with Crippen LogP contribution in [-0.2, 0) is 13.5 Å². The number of hydrogen-bond donors (Lipinski definition) is 2. The number of anilines is 1. The summed E-state index contributed by atoms with van der Waals surface area (Å²) >= 11 is 6.47. The summed E-state index contributed by atoms with van der Waals surface area (Å²) in [5, 5.41) is 3.68. The summed E-state index contributed by atoms with van der Waals surface area (Å²) in [7, 11) is 1.59. The van der Waals surface area contributed by atoms with Gasteiger partial charge in [0.2, 0.25) is 0 Å². The number of benzene rings is 2. The van der Waals surface area contributed by atoms with Crippen molar-refractivity contribution in [3.63, 3.8) is 0 Å². The number of thiazole rings is 1. The molecule has 0 bridgehead atoms. The third kappa shape index (κ3) is 4.01. The number of nitrogens with zero attached hydrogens (tertiary/aromatic N) is 2. The first kappa shape index (κ1) is 19.2. The highest BCUT2D eigenvalue weighted by atomic mass is 32.1. The van der Waals surface area contributed by atoms with Gasteiger partial charge in [0.1, 0.15) is 5.82 Å². The SMILES string of the molecule is Cn1c(=S)[nH]c2cc(C(=O)Nc3ncc(Cc4ccc(F)cc4)s3)ccc2c1=O. The average Bonchev–Trinajstić information content (AvgIpc) is 3.14. The van der Waals surface area contributed by atoms with E-state index in [0.717, 1.165) is 10.4 Å². The number of hydrogen-bond acceptors (Lipinski definition) is 5. The Hall–Kier alpha value is -3.17. The second-order valence-electron chi connectivity index (χ2n) is 6.44. The molecule has 2 N–H and O–H groups in total. The molecule has 29 heavy (non-hydrogen) atoms. The van der Waals surface area contributed by atoms with Crippen LogP contribution in [0.25, 0.3) is 10.9 Å². The van der Waals surface area contributed by atoms with Gasteiger partial charge in [-0.15, -0.1) is 11.3 Å². The van der Waals surface area contributed by atoms with Gasteiger partial charge in [0.25, 0.3) is 11.5 Å². The molecule has 0 aliphatic heterocycles. The Labute approximate surface area is 173 Å². The molecule has 0 unspecified atom stereocenters. The van der Waals surface area contributed by atoms with Crippen LogP contribution in [0.4, 0.5) is 9.52 Å². The molecule has 0 atom stereocenters. The minimum Gasteiger partial charge on any atom is -0.332 e. The molecule has 0 aliphatic carbocycles. The van der Waals surface area contributed by atoms with E-state index >= 15 is 0 Å². The molecule has 4 aromatic rings. The van der Waals surface area contributed by atoms with Crippen molar-refractivity contribution < 1.29 is 9.18 Å². The highest BCUT2D eigenvalue weighted by Crippen LogP contribution is 2.22. The number of rotatable bonds is 4. The molecule has 4 rings (SSSR count). The van der Waals surface area contributed by atoms with Crippen LogP contribution in [-0.4, -0.2) is 20.4 Å². The topological polar surface area (TPSA) is 79.8 Å². The van der Waals surface area contributed by atoms with Crippen molar-refractivity contribution in [1.29, 1.82) is 0 Å². The summed E-state index contributed by atoms with van der Waals surface area (Å²) in [6.07, 6.45) is 2.29. The lowest BCUT2D eigenvalue weighted by Crippen LogP contribution is -2.19. The van der Waals surface area contributed by atoms with Crippen LogP contribution in [0.5, 0.6) is 0 Å². The fourth-order valence-corrected chi connectivity index (χ4v) is 3.90. The monoisotopic (exact) mass is 426 g/mol. The maximum Gasteiger partial charge on any atom is 0.261 e. The lowest BCUT2D eigenvalue weighted by atomic mass is 10.1. The van der Waals surface area contributed by atoms with E-state index in [-0.39, 0.29) is 22.1 Å². The Kier molecular flexibility index (Phi) is 5.08. The summed E-state index contributed by atoms with van der Waals surface area (Å²) in [4.78, 5) is 33.0. The van der Waals surface area contributed by atoms with Crippen molar-refractivity contribution in [3.8, 4) is 0 Å². The van der Waals surface area contributed by atoms with E-state index in [1.54, 1.807) is 43.6 Å². The van der Waals surface area contributed by atoms with Gasteiger partial charge in [-0.3, -0.25) is 19.5 Å². The molecule has 146 valence electrons. The minimum atomic E-state index is -0.338. The fourth-order valence-electron chi connectivity index (χ4n) is 2.87. The van der Waals surface area contributed by atoms with Crippen molar-refractivity contribution in [2.45, 2.75) is 6.42 Å². The van der Waals surface area contributed by atoms with Crippen LogP contribution in [0, 0.1) is 10.6 Å². The first-order chi connectivity index (χ1) is 13.9. The minimum absolute atomic E-state index is 0.221. The number of aromatic amines is 1. The van der Waals surface area contributed by atoms with Crippen LogP contribution < -0.4 is 10.9 Å². The number of halogens is 1. The second-order valence-corrected chi connectivity index (χ2v) is 7.95. The van der Waals surface area contributed by atoms with Gasteiger partial charge >= 0.3 is 0 Å². The molecule has 0 fully saturated rings. The van der Waals surface area contributed by atoms with Gasteiger partial charge in [-0.1, -0.05) is 12.1 Å². The lowest BCUT2D eigenvalue weighted by Gasteiger charge is -2.05. The van der Waals surface area contributed by atoms with Crippen LogP contribution in [0.3, 0.4) is 0 Å². The smallest absolute Gasteiger partial charge is 0.261 e. The van der Waals surface area contributed by atoms with Crippen LogP contribution >= 0.6 is 23.6 Å². The zero-order chi connectivity index (χ0) is 20.5. The largest absolute Gasteiger partial charge is 0.332 e. The first-order valence-corrected chi connectivity index (χ1v) is 9.87. The summed E-state index contributed by atoms with van der Waals surface area (Å²) < 4.78 is 14.6. The van der Waals surface area contributed by atoms with E-state index < -0.39 is 0 Å². The Bertz CT molecular complexity index is 1340. The van der Waals surface area contributed by atoms with E-state index in [4.69, 9.17) is 12.2 Å². The molecule has 0 saturated heterocycles. The van der Waals surface area contributed by atoms with Gasteiger partial charge in [0, 0.05) is 30.1 Å². The van der Waals surface area contributed by atoms with Gasteiger partial charge in [0.15, 0.2) is 9.90 Å². The summed E-state index contributed by atoms with van der Waals surface area (Å²) in [6.45, 7) is 0. The molecule has 1 amide bonds. The van der Waals surface area contributed by atoms with E-state index in [1.807, 2.05) is 0 Å².